The Morgan fingerprint density at radius 2 is 1.92 bits per heavy atom. The number of nitrogens with zero attached hydrogens (tertiary/aromatic N) is 1. The zero-order valence-electron chi connectivity index (χ0n) is 14.3. The van der Waals surface area contributed by atoms with Gasteiger partial charge in [-0.3, -0.25) is 10.1 Å². The number of benzene rings is 1. The van der Waals surface area contributed by atoms with E-state index in [-0.39, 0.29) is 11.7 Å². The third-order valence-electron chi connectivity index (χ3n) is 3.52. The van der Waals surface area contributed by atoms with Gasteiger partial charge in [-0.25, -0.2) is 9.78 Å². The van der Waals surface area contributed by atoms with Crippen LogP contribution in [0.25, 0.3) is 0 Å². The van der Waals surface area contributed by atoms with Gasteiger partial charge in [0.05, 0.1) is 12.8 Å². The standard InChI is InChI=1S/C17H21N5O3/c1-10-5-4-6-13(21-17(24)25-3)12(10)9-19-14-7-8-15(20-11(2)23)22-16(14)18/h4-8,19H,9H2,1-3H3,(H,21,24)(H3,18,20,22,23). The minimum Gasteiger partial charge on any atom is -0.453 e. The van der Waals surface area contributed by atoms with Crippen LogP contribution in [0.15, 0.2) is 30.3 Å². The van der Waals surface area contributed by atoms with Crippen LogP contribution in [0.1, 0.15) is 18.1 Å². The summed E-state index contributed by atoms with van der Waals surface area (Å²) < 4.78 is 4.64. The van der Waals surface area contributed by atoms with Crippen molar-refractivity contribution < 1.29 is 14.3 Å². The van der Waals surface area contributed by atoms with Crippen molar-refractivity contribution in [2.24, 2.45) is 0 Å². The van der Waals surface area contributed by atoms with E-state index in [4.69, 9.17) is 5.73 Å². The predicted molar refractivity (Wildman–Crippen MR) is 97.5 cm³/mol. The Bertz CT molecular complexity index is 792. The smallest absolute Gasteiger partial charge is 0.411 e. The van der Waals surface area contributed by atoms with Gasteiger partial charge in [-0.1, -0.05) is 12.1 Å². The van der Waals surface area contributed by atoms with E-state index >= 15 is 0 Å². The molecule has 1 aromatic heterocycles. The quantitative estimate of drug-likeness (QED) is 0.663. The molecule has 132 valence electrons. The van der Waals surface area contributed by atoms with Crippen molar-refractivity contribution in [3.63, 3.8) is 0 Å². The first kappa shape index (κ1) is 18.1. The largest absolute Gasteiger partial charge is 0.453 e. The van der Waals surface area contributed by atoms with Crippen LogP contribution in [-0.4, -0.2) is 24.1 Å². The molecule has 0 spiro atoms. The van der Waals surface area contributed by atoms with Crippen LogP contribution < -0.4 is 21.7 Å². The van der Waals surface area contributed by atoms with Crippen LogP contribution in [0, 0.1) is 6.92 Å². The van der Waals surface area contributed by atoms with Gasteiger partial charge in [0.1, 0.15) is 11.6 Å². The molecule has 0 fully saturated rings. The second-order valence-electron chi connectivity index (χ2n) is 5.38. The van der Waals surface area contributed by atoms with Crippen LogP contribution in [0.5, 0.6) is 0 Å². The number of nitrogens with one attached hydrogen (secondary N) is 3. The molecule has 0 unspecified atom stereocenters. The fraction of sp³-hybridized carbons (Fsp3) is 0.235. The molecule has 0 saturated carbocycles. The van der Waals surface area contributed by atoms with Gasteiger partial charge in [-0.2, -0.15) is 0 Å². The Morgan fingerprint density at radius 1 is 1.16 bits per heavy atom. The zero-order chi connectivity index (χ0) is 18.4. The zero-order valence-corrected chi connectivity index (χ0v) is 14.3. The Labute approximate surface area is 145 Å². The van der Waals surface area contributed by atoms with E-state index in [0.717, 1.165) is 11.1 Å². The summed E-state index contributed by atoms with van der Waals surface area (Å²) in [7, 11) is 1.31. The number of ether oxygens (including phenoxy) is 1. The molecule has 0 bridgehead atoms. The third kappa shape index (κ3) is 4.84. The molecular formula is C17H21N5O3. The van der Waals surface area contributed by atoms with E-state index in [0.29, 0.717) is 23.7 Å². The summed E-state index contributed by atoms with van der Waals surface area (Å²) in [5.41, 5.74) is 9.11. The van der Waals surface area contributed by atoms with E-state index < -0.39 is 6.09 Å². The number of rotatable bonds is 5. The number of carbonyl (C=O) groups excluding carboxylic acids is 2. The molecule has 2 amide bonds. The molecule has 0 aliphatic heterocycles. The lowest BCUT2D eigenvalue weighted by atomic mass is 10.1. The molecule has 0 saturated heterocycles. The average molecular weight is 343 g/mol. The van der Waals surface area contributed by atoms with E-state index in [1.54, 1.807) is 18.2 Å². The lowest BCUT2D eigenvalue weighted by Crippen LogP contribution is -2.15. The topological polar surface area (TPSA) is 118 Å². The van der Waals surface area contributed by atoms with Crippen molar-refractivity contribution in [2.45, 2.75) is 20.4 Å². The number of hydrogen-bond acceptors (Lipinski definition) is 6. The Kier molecular flexibility index (Phi) is 5.78. The first-order chi connectivity index (χ1) is 11.9. The average Bonchev–Trinajstić information content (AvgIpc) is 2.55. The molecule has 2 rings (SSSR count). The van der Waals surface area contributed by atoms with Gasteiger partial charge in [0.25, 0.3) is 0 Å². The molecule has 1 heterocycles. The molecule has 2 aromatic rings. The maximum absolute atomic E-state index is 11.5. The number of hydrogen-bond donors (Lipinski definition) is 4. The minimum absolute atomic E-state index is 0.217. The SMILES string of the molecule is COC(=O)Nc1cccc(C)c1CNc1ccc(NC(C)=O)nc1N. The number of nitrogens with two attached hydrogens (primary N) is 1. The van der Waals surface area contributed by atoms with Crippen molar-refractivity contribution >= 4 is 35.0 Å². The van der Waals surface area contributed by atoms with Gasteiger partial charge in [0.15, 0.2) is 0 Å². The first-order valence-corrected chi connectivity index (χ1v) is 7.62. The number of anilines is 4. The number of aryl methyl sites for hydroxylation is 1. The summed E-state index contributed by atoms with van der Waals surface area (Å²) in [6, 6.07) is 8.98. The molecular weight excluding hydrogens is 322 g/mol. The number of amides is 2. The summed E-state index contributed by atoms with van der Waals surface area (Å²) in [5.74, 6) is 0.438. The molecule has 0 aliphatic rings. The van der Waals surface area contributed by atoms with E-state index in [1.165, 1.54) is 14.0 Å². The van der Waals surface area contributed by atoms with Crippen LogP contribution in [0.3, 0.4) is 0 Å². The summed E-state index contributed by atoms with van der Waals surface area (Å²) in [6.07, 6.45) is -0.535. The highest BCUT2D eigenvalue weighted by atomic mass is 16.5. The Morgan fingerprint density at radius 3 is 2.56 bits per heavy atom. The van der Waals surface area contributed by atoms with Crippen LogP contribution in [0.4, 0.5) is 27.8 Å². The lowest BCUT2D eigenvalue weighted by molar-refractivity contribution is -0.114. The van der Waals surface area contributed by atoms with Crippen LogP contribution in [0.2, 0.25) is 0 Å². The molecule has 8 heteroatoms. The first-order valence-electron chi connectivity index (χ1n) is 7.62. The van der Waals surface area contributed by atoms with Crippen molar-refractivity contribution in [3.8, 4) is 0 Å². The van der Waals surface area contributed by atoms with Gasteiger partial charge in [-0.05, 0) is 36.2 Å². The van der Waals surface area contributed by atoms with Gasteiger partial charge in [0, 0.05) is 19.2 Å². The van der Waals surface area contributed by atoms with Gasteiger partial charge in [-0.15, -0.1) is 0 Å². The Balaban J connectivity index is 2.16. The van der Waals surface area contributed by atoms with E-state index in [1.807, 2.05) is 19.1 Å². The Hall–Kier alpha value is -3.29. The molecule has 0 atom stereocenters. The van der Waals surface area contributed by atoms with Crippen molar-refractivity contribution in [2.75, 3.05) is 28.8 Å². The monoisotopic (exact) mass is 343 g/mol. The molecule has 5 N–H and O–H groups in total. The maximum atomic E-state index is 11.5. The highest BCUT2D eigenvalue weighted by Crippen LogP contribution is 2.24. The van der Waals surface area contributed by atoms with E-state index in [2.05, 4.69) is 25.7 Å². The number of carbonyl (C=O) groups is 2. The number of methoxy groups -OCH3 is 1. The number of pyridine rings is 1. The number of aromatic nitrogens is 1. The third-order valence-corrected chi connectivity index (χ3v) is 3.52. The predicted octanol–water partition coefficient (Wildman–Crippen LogP) is 2.72. The van der Waals surface area contributed by atoms with E-state index in [9.17, 15) is 9.59 Å². The summed E-state index contributed by atoms with van der Waals surface area (Å²) in [5, 5.41) is 8.45. The maximum Gasteiger partial charge on any atom is 0.411 e. The van der Waals surface area contributed by atoms with Crippen LogP contribution >= 0.6 is 0 Å². The second kappa shape index (κ2) is 8.00. The normalized spacial score (nSPS) is 10.0. The highest BCUT2D eigenvalue weighted by molar-refractivity contribution is 5.88. The molecule has 1 aromatic carbocycles. The van der Waals surface area contributed by atoms with Crippen molar-refractivity contribution in [1.82, 2.24) is 4.98 Å². The molecule has 0 aliphatic carbocycles. The second-order valence-corrected chi connectivity index (χ2v) is 5.38. The number of nitrogen functional groups attached to an aromatic ring is 1. The fourth-order valence-electron chi connectivity index (χ4n) is 2.27. The molecule has 8 nitrogen and oxygen atoms in total. The van der Waals surface area contributed by atoms with Crippen molar-refractivity contribution in [1.29, 1.82) is 0 Å². The fourth-order valence-corrected chi connectivity index (χ4v) is 2.27. The van der Waals surface area contributed by atoms with Crippen molar-refractivity contribution in [3.05, 3.63) is 41.5 Å². The van der Waals surface area contributed by atoms with Gasteiger partial charge >= 0.3 is 6.09 Å². The molecule has 25 heavy (non-hydrogen) atoms. The van der Waals surface area contributed by atoms with Gasteiger partial charge in [0.2, 0.25) is 5.91 Å². The summed E-state index contributed by atoms with van der Waals surface area (Å²) in [6.45, 7) is 3.77. The van der Waals surface area contributed by atoms with Crippen LogP contribution in [-0.2, 0) is 16.1 Å². The minimum atomic E-state index is -0.535. The highest BCUT2D eigenvalue weighted by Gasteiger charge is 2.10. The van der Waals surface area contributed by atoms with Gasteiger partial charge < -0.3 is 21.1 Å². The lowest BCUT2D eigenvalue weighted by Gasteiger charge is -2.15. The summed E-state index contributed by atoms with van der Waals surface area (Å²) >= 11 is 0. The summed E-state index contributed by atoms with van der Waals surface area (Å²) in [4.78, 5) is 26.7. The molecule has 0 radical (unpaired) electrons.